The number of alkyl halides is 3. The molecule has 1 fully saturated rings. The molecule has 0 saturated heterocycles. The van der Waals surface area contributed by atoms with Crippen molar-refractivity contribution in [3.63, 3.8) is 0 Å². The fourth-order valence-electron chi connectivity index (χ4n) is 2.97. The largest absolute Gasteiger partial charge is 0.389 e. The molecule has 1 aromatic rings. The lowest BCUT2D eigenvalue weighted by atomic mass is 9.82. The second-order valence-corrected chi connectivity index (χ2v) is 5.80. The summed E-state index contributed by atoms with van der Waals surface area (Å²) >= 11 is 0. The molecular formula is C14H21F3N4O. The van der Waals surface area contributed by atoms with Gasteiger partial charge in [-0.25, -0.2) is 4.98 Å². The van der Waals surface area contributed by atoms with Gasteiger partial charge in [0.25, 0.3) is 0 Å². The van der Waals surface area contributed by atoms with Gasteiger partial charge in [-0.1, -0.05) is 12.8 Å². The molecule has 2 atom stereocenters. The maximum atomic E-state index is 12.6. The minimum Gasteiger partial charge on any atom is -0.353 e. The van der Waals surface area contributed by atoms with Crippen molar-refractivity contribution in [1.82, 2.24) is 20.1 Å². The van der Waals surface area contributed by atoms with Crippen LogP contribution in [0, 0.1) is 5.92 Å². The molecule has 1 saturated carbocycles. The Hall–Kier alpha value is -1.60. The first-order valence-electron chi connectivity index (χ1n) is 7.62. The third kappa shape index (κ3) is 5.65. The van der Waals surface area contributed by atoms with E-state index in [1.165, 1.54) is 6.33 Å². The fraction of sp³-hybridized carbons (Fsp3) is 0.786. The van der Waals surface area contributed by atoms with Crippen molar-refractivity contribution >= 4 is 5.91 Å². The molecule has 22 heavy (non-hydrogen) atoms. The molecular weight excluding hydrogens is 297 g/mol. The minimum absolute atomic E-state index is 0.181. The van der Waals surface area contributed by atoms with Gasteiger partial charge in [-0.05, 0) is 25.2 Å². The number of aromatic nitrogens is 3. The molecule has 1 N–H and O–H groups in total. The maximum Gasteiger partial charge on any atom is 0.389 e. The Kier molecular flexibility index (Phi) is 5.79. The summed E-state index contributed by atoms with van der Waals surface area (Å²) in [5.41, 5.74) is 0. The van der Waals surface area contributed by atoms with Gasteiger partial charge in [0.1, 0.15) is 12.7 Å². The highest BCUT2D eigenvalue weighted by molar-refractivity contribution is 5.76. The van der Waals surface area contributed by atoms with E-state index in [4.69, 9.17) is 0 Å². The van der Waals surface area contributed by atoms with Gasteiger partial charge in [0.05, 0.1) is 0 Å². The van der Waals surface area contributed by atoms with E-state index in [0.29, 0.717) is 25.8 Å². The van der Waals surface area contributed by atoms with Crippen molar-refractivity contribution < 1.29 is 18.0 Å². The highest BCUT2D eigenvalue weighted by Crippen LogP contribution is 2.34. The Morgan fingerprint density at radius 2 is 2.09 bits per heavy atom. The summed E-state index contributed by atoms with van der Waals surface area (Å²) in [6, 6.07) is -0.353. The average molecular weight is 318 g/mol. The van der Waals surface area contributed by atoms with Crippen molar-refractivity contribution in [1.29, 1.82) is 0 Å². The summed E-state index contributed by atoms with van der Waals surface area (Å²) in [5.74, 6) is -0.674. The van der Waals surface area contributed by atoms with Crippen LogP contribution in [0.3, 0.4) is 0 Å². The van der Waals surface area contributed by atoms with Crippen LogP contribution in [0.15, 0.2) is 12.7 Å². The molecule has 1 amide bonds. The summed E-state index contributed by atoms with van der Waals surface area (Å²) in [7, 11) is 0. The van der Waals surface area contributed by atoms with Gasteiger partial charge < -0.3 is 5.32 Å². The Morgan fingerprint density at radius 3 is 2.77 bits per heavy atom. The number of carbonyl (C=O) groups excluding carboxylic acids is 1. The number of amides is 1. The Bertz CT molecular complexity index is 461. The predicted molar refractivity (Wildman–Crippen MR) is 73.8 cm³/mol. The zero-order chi connectivity index (χ0) is 16.0. The number of aryl methyl sites for hydroxylation is 1. The van der Waals surface area contributed by atoms with Crippen LogP contribution in [0.1, 0.15) is 44.9 Å². The fourth-order valence-corrected chi connectivity index (χ4v) is 2.97. The van der Waals surface area contributed by atoms with E-state index in [2.05, 4.69) is 15.4 Å². The highest BCUT2D eigenvalue weighted by atomic mass is 19.4. The number of nitrogens with zero attached hydrogens (tertiary/aromatic N) is 3. The second kappa shape index (κ2) is 7.60. The molecule has 0 bridgehead atoms. The lowest BCUT2D eigenvalue weighted by molar-refractivity contribution is -0.150. The second-order valence-electron chi connectivity index (χ2n) is 5.80. The Balaban J connectivity index is 1.75. The van der Waals surface area contributed by atoms with E-state index in [-0.39, 0.29) is 18.4 Å². The Labute approximate surface area is 127 Å². The predicted octanol–water partition coefficient (Wildman–Crippen LogP) is 2.69. The van der Waals surface area contributed by atoms with Crippen LogP contribution in [0.2, 0.25) is 0 Å². The SMILES string of the molecule is O=C(CCCn1cncn1)N[C@H]1CCCC[C@H]1CC(F)(F)F. The molecule has 1 aliphatic carbocycles. The van der Waals surface area contributed by atoms with Crippen LogP contribution >= 0.6 is 0 Å². The molecule has 0 spiro atoms. The number of nitrogens with one attached hydrogen (secondary N) is 1. The number of halogens is 3. The standard InChI is InChI=1S/C14H21F3N4O/c15-14(16,17)8-11-4-1-2-5-12(11)20-13(22)6-3-7-21-10-18-9-19-21/h9-12H,1-8H2,(H,20,22)/t11-,12-/m0/s1. The average Bonchev–Trinajstić information content (AvgIpc) is 2.92. The first-order chi connectivity index (χ1) is 10.4. The lowest BCUT2D eigenvalue weighted by Crippen LogP contribution is -2.43. The van der Waals surface area contributed by atoms with Crippen LogP contribution in [0.5, 0.6) is 0 Å². The third-order valence-corrected chi connectivity index (χ3v) is 4.01. The minimum atomic E-state index is -4.17. The van der Waals surface area contributed by atoms with E-state index < -0.39 is 18.5 Å². The van der Waals surface area contributed by atoms with Crippen LogP contribution in [-0.2, 0) is 11.3 Å². The number of hydrogen-bond donors (Lipinski definition) is 1. The summed E-state index contributed by atoms with van der Waals surface area (Å²) in [6.07, 6.45) is 1.73. The van der Waals surface area contributed by atoms with E-state index in [9.17, 15) is 18.0 Å². The number of carbonyl (C=O) groups is 1. The highest BCUT2D eigenvalue weighted by Gasteiger charge is 2.37. The molecule has 0 unspecified atom stereocenters. The quantitative estimate of drug-likeness (QED) is 0.877. The van der Waals surface area contributed by atoms with Crippen LogP contribution < -0.4 is 5.32 Å². The third-order valence-electron chi connectivity index (χ3n) is 4.01. The molecule has 0 radical (unpaired) electrons. The number of hydrogen-bond acceptors (Lipinski definition) is 3. The van der Waals surface area contributed by atoms with Gasteiger partial charge in [-0.15, -0.1) is 0 Å². The van der Waals surface area contributed by atoms with Gasteiger partial charge in [0.15, 0.2) is 0 Å². The van der Waals surface area contributed by atoms with E-state index >= 15 is 0 Å². The Morgan fingerprint density at radius 1 is 1.32 bits per heavy atom. The van der Waals surface area contributed by atoms with Crippen molar-refractivity contribution in [3.8, 4) is 0 Å². The monoisotopic (exact) mass is 318 g/mol. The molecule has 1 heterocycles. The van der Waals surface area contributed by atoms with Crippen molar-refractivity contribution in [2.45, 2.75) is 63.7 Å². The smallest absolute Gasteiger partial charge is 0.353 e. The summed E-state index contributed by atoms with van der Waals surface area (Å²) in [4.78, 5) is 15.7. The van der Waals surface area contributed by atoms with Crippen LogP contribution in [0.4, 0.5) is 13.2 Å². The number of rotatable bonds is 6. The van der Waals surface area contributed by atoms with Gasteiger partial charge in [-0.3, -0.25) is 9.48 Å². The summed E-state index contributed by atoms with van der Waals surface area (Å²) in [6.45, 7) is 0.573. The first kappa shape index (κ1) is 16.8. The molecule has 1 aliphatic rings. The molecule has 2 rings (SSSR count). The zero-order valence-electron chi connectivity index (χ0n) is 12.4. The maximum absolute atomic E-state index is 12.6. The van der Waals surface area contributed by atoms with Crippen LogP contribution in [-0.4, -0.2) is 32.9 Å². The topological polar surface area (TPSA) is 59.8 Å². The molecule has 8 heteroatoms. The first-order valence-corrected chi connectivity index (χ1v) is 7.62. The van der Waals surface area contributed by atoms with Gasteiger partial charge in [-0.2, -0.15) is 18.3 Å². The van der Waals surface area contributed by atoms with Gasteiger partial charge in [0.2, 0.25) is 5.91 Å². The van der Waals surface area contributed by atoms with Gasteiger partial charge >= 0.3 is 6.18 Å². The van der Waals surface area contributed by atoms with Crippen molar-refractivity contribution in [3.05, 3.63) is 12.7 Å². The molecule has 5 nitrogen and oxygen atoms in total. The summed E-state index contributed by atoms with van der Waals surface area (Å²) < 4.78 is 39.4. The molecule has 0 aliphatic heterocycles. The van der Waals surface area contributed by atoms with Gasteiger partial charge in [0, 0.05) is 25.4 Å². The lowest BCUT2D eigenvalue weighted by Gasteiger charge is -2.32. The van der Waals surface area contributed by atoms with Crippen molar-refractivity contribution in [2.75, 3.05) is 0 Å². The zero-order valence-corrected chi connectivity index (χ0v) is 12.4. The van der Waals surface area contributed by atoms with E-state index in [1.807, 2.05) is 0 Å². The van der Waals surface area contributed by atoms with Crippen LogP contribution in [0.25, 0.3) is 0 Å². The molecule has 0 aromatic carbocycles. The van der Waals surface area contributed by atoms with E-state index in [1.54, 1.807) is 11.0 Å². The van der Waals surface area contributed by atoms with Crippen molar-refractivity contribution in [2.24, 2.45) is 5.92 Å². The summed E-state index contributed by atoms with van der Waals surface area (Å²) in [5, 5.41) is 6.72. The van der Waals surface area contributed by atoms with E-state index in [0.717, 1.165) is 12.8 Å². The normalized spacial score (nSPS) is 22.5. The molecule has 1 aromatic heterocycles. The molecule has 124 valence electrons.